The number of aromatic nitrogens is 2. The molecule has 0 saturated heterocycles. The van der Waals surface area contributed by atoms with Crippen molar-refractivity contribution in [3.8, 4) is 11.8 Å². The molecule has 112 valence electrons. The summed E-state index contributed by atoms with van der Waals surface area (Å²) in [7, 11) is 3.05. The van der Waals surface area contributed by atoms with E-state index in [0.29, 0.717) is 30.7 Å². The van der Waals surface area contributed by atoms with Gasteiger partial charge in [-0.2, -0.15) is 9.97 Å². The van der Waals surface area contributed by atoms with Crippen LogP contribution in [0.4, 0.5) is 5.95 Å². The Bertz CT molecular complexity index is 413. The number of anilines is 1. The monoisotopic (exact) mass is 282 g/mol. The highest BCUT2D eigenvalue weighted by Gasteiger charge is 2.10. The summed E-state index contributed by atoms with van der Waals surface area (Å²) in [5, 5.41) is 3.00. The number of ether oxygens (including phenoxy) is 2. The lowest BCUT2D eigenvalue weighted by Gasteiger charge is -2.18. The molecule has 0 fully saturated rings. The Kier molecular flexibility index (Phi) is 6.55. The Labute approximate surface area is 119 Å². The van der Waals surface area contributed by atoms with E-state index in [1.54, 1.807) is 11.0 Å². The molecule has 20 heavy (non-hydrogen) atoms. The fourth-order valence-corrected chi connectivity index (χ4v) is 1.71. The predicted octanol–water partition coefficient (Wildman–Crippen LogP) is 1.16. The molecule has 0 spiro atoms. The van der Waals surface area contributed by atoms with Crippen LogP contribution in [0.1, 0.15) is 20.3 Å². The van der Waals surface area contributed by atoms with Crippen molar-refractivity contribution in [1.29, 1.82) is 0 Å². The SMILES string of the molecule is CCN(CC)C(=O)CCNc1nc(OC)cc(OC)n1. The Morgan fingerprint density at radius 2 is 1.75 bits per heavy atom. The second kappa shape index (κ2) is 8.19. The van der Waals surface area contributed by atoms with Crippen LogP contribution in [0.5, 0.6) is 11.8 Å². The van der Waals surface area contributed by atoms with Crippen molar-refractivity contribution in [3.63, 3.8) is 0 Å². The van der Waals surface area contributed by atoms with Crippen LogP contribution in [-0.4, -0.2) is 54.6 Å². The highest BCUT2D eigenvalue weighted by atomic mass is 16.5. The molecule has 0 radical (unpaired) electrons. The van der Waals surface area contributed by atoms with Gasteiger partial charge < -0.3 is 19.7 Å². The molecule has 0 aliphatic carbocycles. The topological polar surface area (TPSA) is 76.6 Å². The summed E-state index contributed by atoms with van der Waals surface area (Å²) in [5.74, 6) is 1.31. The number of carbonyl (C=O) groups excluding carboxylic acids is 1. The predicted molar refractivity (Wildman–Crippen MR) is 76.2 cm³/mol. The Morgan fingerprint density at radius 3 is 2.20 bits per heavy atom. The maximum absolute atomic E-state index is 11.8. The number of amides is 1. The zero-order chi connectivity index (χ0) is 15.0. The van der Waals surface area contributed by atoms with Crippen LogP contribution in [-0.2, 0) is 4.79 Å². The molecule has 0 bridgehead atoms. The largest absolute Gasteiger partial charge is 0.481 e. The zero-order valence-electron chi connectivity index (χ0n) is 12.5. The molecule has 1 rings (SSSR count). The Balaban J connectivity index is 2.55. The number of nitrogens with zero attached hydrogens (tertiary/aromatic N) is 3. The van der Waals surface area contributed by atoms with Crippen LogP contribution in [0.3, 0.4) is 0 Å². The Hall–Kier alpha value is -2.05. The van der Waals surface area contributed by atoms with Gasteiger partial charge in [0.15, 0.2) is 0 Å². The van der Waals surface area contributed by atoms with Crippen LogP contribution in [0.2, 0.25) is 0 Å². The maximum Gasteiger partial charge on any atom is 0.229 e. The fourth-order valence-electron chi connectivity index (χ4n) is 1.71. The molecule has 0 aliphatic heterocycles. The van der Waals surface area contributed by atoms with Gasteiger partial charge in [0.05, 0.1) is 20.3 Å². The van der Waals surface area contributed by atoms with Crippen molar-refractivity contribution in [1.82, 2.24) is 14.9 Å². The third kappa shape index (κ3) is 4.56. The van der Waals surface area contributed by atoms with Gasteiger partial charge in [-0.05, 0) is 13.8 Å². The van der Waals surface area contributed by atoms with Crippen LogP contribution >= 0.6 is 0 Å². The summed E-state index contributed by atoms with van der Waals surface area (Å²) in [5.41, 5.74) is 0. The smallest absolute Gasteiger partial charge is 0.229 e. The van der Waals surface area contributed by atoms with Crippen molar-refractivity contribution in [3.05, 3.63) is 6.07 Å². The first-order chi connectivity index (χ1) is 9.64. The number of rotatable bonds is 8. The third-order valence-corrected chi connectivity index (χ3v) is 2.84. The van der Waals surface area contributed by atoms with Crippen molar-refractivity contribution in [2.45, 2.75) is 20.3 Å². The number of hydrogen-bond acceptors (Lipinski definition) is 6. The minimum atomic E-state index is 0.109. The second-order valence-electron chi connectivity index (χ2n) is 4.02. The van der Waals surface area contributed by atoms with Gasteiger partial charge in [0.2, 0.25) is 23.6 Å². The first-order valence-electron chi connectivity index (χ1n) is 6.63. The van der Waals surface area contributed by atoms with Crippen molar-refractivity contribution < 1.29 is 14.3 Å². The van der Waals surface area contributed by atoms with E-state index in [2.05, 4.69) is 15.3 Å². The van der Waals surface area contributed by atoms with Crippen molar-refractivity contribution in [2.75, 3.05) is 39.2 Å². The molecule has 1 amide bonds. The molecule has 0 aliphatic rings. The van der Waals surface area contributed by atoms with Crippen LogP contribution in [0.15, 0.2) is 6.07 Å². The molecule has 1 N–H and O–H groups in total. The highest BCUT2D eigenvalue weighted by molar-refractivity contribution is 5.76. The van der Waals surface area contributed by atoms with E-state index in [0.717, 1.165) is 13.1 Å². The fraction of sp³-hybridized carbons (Fsp3) is 0.615. The summed E-state index contributed by atoms with van der Waals surface area (Å²) >= 11 is 0. The molecule has 7 heteroatoms. The summed E-state index contributed by atoms with van der Waals surface area (Å²) < 4.78 is 10.1. The van der Waals surface area contributed by atoms with Gasteiger partial charge in [0.1, 0.15) is 0 Å². The van der Waals surface area contributed by atoms with E-state index in [9.17, 15) is 4.79 Å². The molecule has 1 heterocycles. The first kappa shape index (κ1) is 16.0. The van der Waals surface area contributed by atoms with Crippen LogP contribution in [0, 0.1) is 0 Å². The summed E-state index contributed by atoms with van der Waals surface area (Å²) in [6, 6.07) is 1.59. The van der Waals surface area contributed by atoms with Gasteiger partial charge in [0.25, 0.3) is 0 Å². The van der Waals surface area contributed by atoms with E-state index in [1.807, 2.05) is 13.8 Å². The van der Waals surface area contributed by atoms with Crippen LogP contribution in [0.25, 0.3) is 0 Å². The summed E-state index contributed by atoms with van der Waals surface area (Å²) in [6.07, 6.45) is 0.393. The molecule has 1 aromatic heterocycles. The molecule has 7 nitrogen and oxygen atoms in total. The minimum absolute atomic E-state index is 0.109. The molecule has 1 aromatic rings. The maximum atomic E-state index is 11.8. The number of hydrogen-bond donors (Lipinski definition) is 1. The molecule has 0 atom stereocenters. The average molecular weight is 282 g/mol. The second-order valence-corrected chi connectivity index (χ2v) is 4.02. The summed E-state index contributed by atoms with van der Waals surface area (Å²) in [4.78, 5) is 21.9. The third-order valence-electron chi connectivity index (χ3n) is 2.84. The molecule has 0 aromatic carbocycles. The minimum Gasteiger partial charge on any atom is -0.481 e. The molecule has 0 unspecified atom stereocenters. The Morgan fingerprint density at radius 1 is 1.20 bits per heavy atom. The van der Waals surface area contributed by atoms with E-state index in [-0.39, 0.29) is 5.91 Å². The summed E-state index contributed by atoms with van der Waals surface area (Å²) in [6.45, 7) is 5.83. The quantitative estimate of drug-likeness (QED) is 0.771. The van der Waals surface area contributed by atoms with E-state index < -0.39 is 0 Å². The standard InChI is InChI=1S/C13H22N4O3/c1-5-17(6-2)12(18)7-8-14-13-15-10(19-3)9-11(16-13)20-4/h9H,5-8H2,1-4H3,(H,14,15,16). The van der Waals surface area contributed by atoms with Crippen molar-refractivity contribution >= 4 is 11.9 Å². The molecular formula is C13H22N4O3. The van der Waals surface area contributed by atoms with E-state index >= 15 is 0 Å². The van der Waals surface area contributed by atoms with Gasteiger partial charge in [-0.3, -0.25) is 4.79 Å². The number of nitrogens with one attached hydrogen (secondary N) is 1. The lowest BCUT2D eigenvalue weighted by atomic mass is 10.3. The van der Waals surface area contributed by atoms with Gasteiger partial charge in [0, 0.05) is 26.1 Å². The van der Waals surface area contributed by atoms with Crippen LogP contribution < -0.4 is 14.8 Å². The van der Waals surface area contributed by atoms with Crippen molar-refractivity contribution in [2.24, 2.45) is 0 Å². The average Bonchev–Trinajstić information content (AvgIpc) is 2.48. The lowest BCUT2D eigenvalue weighted by molar-refractivity contribution is -0.130. The normalized spacial score (nSPS) is 10.0. The van der Waals surface area contributed by atoms with Gasteiger partial charge >= 0.3 is 0 Å². The van der Waals surface area contributed by atoms with Gasteiger partial charge in [-0.1, -0.05) is 0 Å². The van der Waals surface area contributed by atoms with E-state index in [1.165, 1.54) is 14.2 Å². The number of carbonyl (C=O) groups is 1. The number of methoxy groups -OCH3 is 2. The molecule has 0 saturated carbocycles. The highest BCUT2D eigenvalue weighted by Crippen LogP contribution is 2.17. The van der Waals surface area contributed by atoms with Gasteiger partial charge in [-0.15, -0.1) is 0 Å². The zero-order valence-corrected chi connectivity index (χ0v) is 12.5. The lowest BCUT2D eigenvalue weighted by Crippen LogP contribution is -2.31. The van der Waals surface area contributed by atoms with E-state index in [4.69, 9.17) is 9.47 Å². The van der Waals surface area contributed by atoms with Gasteiger partial charge in [-0.25, -0.2) is 0 Å². The molecular weight excluding hydrogens is 260 g/mol. The first-order valence-corrected chi connectivity index (χ1v) is 6.63.